The minimum absolute atomic E-state index is 0.324. The first kappa shape index (κ1) is 4.05. The number of hydrogen-bond donors (Lipinski definition) is 2. The van der Waals surface area contributed by atoms with E-state index in [9.17, 15) is 0 Å². The average molecular weight is 88.1 g/mol. The summed E-state index contributed by atoms with van der Waals surface area (Å²) >= 11 is 0. The standard InChI is InChI=1S/C3H8N2O/c1-3-2-4-5-6-3/h3-5H,2H2,1H3/t3-/m1/s1. The summed E-state index contributed by atoms with van der Waals surface area (Å²) in [6, 6.07) is 0. The smallest absolute Gasteiger partial charge is 0.0917 e. The van der Waals surface area contributed by atoms with E-state index >= 15 is 0 Å². The van der Waals surface area contributed by atoms with Gasteiger partial charge in [-0.25, -0.2) is 5.43 Å². The van der Waals surface area contributed by atoms with E-state index < -0.39 is 0 Å². The van der Waals surface area contributed by atoms with E-state index in [0.717, 1.165) is 6.54 Å². The summed E-state index contributed by atoms with van der Waals surface area (Å²) in [7, 11) is 0. The summed E-state index contributed by atoms with van der Waals surface area (Å²) in [6.45, 7) is 2.90. The van der Waals surface area contributed by atoms with E-state index in [1.54, 1.807) is 0 Å². The van der Waals surface area contributed by atoms with Crippen LogP contribution in [0.5, 0.6) is 0 Å². The van der Waals surface area contributed by atoms with E-state index in [1.165, 1.54) is 0 Å². The van der Waals surface area contributed by atoms with Gasteiger partial charge in [-0.05, 0) is 6.92 Å². The molecule has 0 aromatic rings. The van der Waals surface area contributed by atoms with Crippen molar-refractivity contribution in [2.24, 2.45) is 0 Å². The first-order valence-corrected chi connectivity index (χ1v) is 2.03. The lowest BCUT2D eigenvalue weighted by molar-refractivity contribution is 0.0358. The van der Waals surface area contributed by atoms with Crippen molar-refractivity contribution in [2.75, 3.05) is 6.54 Å². The summed E-state index contributed by atoms with van der Waals surface area (Å²) in [4.78, 5) is 4.79. The molecule has 0 aromatic heterocycles. The number of hydrazine groups is 1. The lowest BCUT2D eigenvalue weighted by Crippen LogP contribution is -2.20. The fraction of sp³-hybridized carbons (Fsp3) is 1.00. The number of hydrogen-bond acceptors (Lipinski definition) is 3. The third-order valence-electron chi connectivity index (χ3n) is 0.722. The highest BCUT2D eigenvalue weighted by Gasteiger charge is 2.05. The highest BCUT2D eigenvalue weighted by Crippen LogP contribution is 1.86. The van der Waals surface area contributed by atoms with Gasteiger partial charge in [0.05, 0.1) is 6.10 Å². The van der Waals surface area contributed by atoms with Crippen LogP contribution in [0, 0.1) is 0 Å². The maximum absolute atomic E-state index is 4.79. The van der Waals surface area contributed by atoms with Crippen molar-refractivity contribution in [1.82, 2.24) is 11.0 Å². The van der Waals surface area contributed by atoms with Crippen molar-refractivity contribution >= 4 is 0 Å². The predicted molar refractivity (Wildman–Crippen MR) is 21.7 cm³/mol. The summed E-state index contributed by atoms with van der Waals surface area (Å²) in [5.74, 6) is 0. The molecule has 1 aliphatic rings. The van der Waals surface area contributed by atoms with Crippen LogP contribution in [-0.4, -0.2) is 12.6 Å². The third-order valence-corrected chi connectivity index (χ3v) is 0.722. The minimum Gasteiger partial charge on any atom is -0.283 e. The molecule has 1 heterocycles. The van der Waals surface area contributed by atoms with Crippen LogP contribution in [0.4, 0.5) is 0 Å². The molecule has 1 saturated heterocycles. The Morgan fingerprint density at radius 3 is 2.83 bits per heavy atom. The second-order valence-electron chi connectivity index (χ2n) is 1.41. The van der Waals surface area contributed by atoms with Crippen LogP contribution in [-0.2, 0) is 4.84 Å². The van der Waals surface area contributed by atoms with Gasteiger partial charge < -0.3 is 0 Å². The van der Waals surface area contributed by atoms with Gasteiger partial charge in [0.1, 0.15) is 0 Å². The predicted octanol–water partition coefficient (Wildman–Crippen LogP) is -0.586. The van der Waals surface area contributed by atoms with Gasteiger partial charge in [-0.2, -0.15) is 0 Å². The zero-order valence-corrected chi connectivity index (χ0v) is 3.69. The molecule has 0 spiro atoms. The van der Waals surface area contributed by atoms with E-state index in [-0.39, 0.29) is 0 Å². The molecule has 1 fully saturated rings. The van der Waals surface area contributed by atoms with Gasteiger partial charge in [0.25, 0.3) is 0 Å². The maximum atomic E-state index is 4.79. The first-order chi connectivity index (χ1) is 2.89. The second-order valence-corrected chi connectivity index (χ2v) is 1.41. The molecule has 0 bridgehead atoms. The topological polar surface area (TPSA) is 33.3 Å². The van der Waals surface area contributed by atoms with Crippen LogP contribution in [0.1, 0.15) is 6.92 Å². The van der Waals surface area contributed by atoms with Crippen LogP contribution in [0.15, 0.2) is 0 Å². The molecule has 0 aliphatic carbocycles. The lowest BCUT2D eigenvalue weighted by Gasteiger charge is -1.90. The Hall–Kier alpha value is -0.120. The molecule has 0 unspecified atom stereocenters. The quantitative estimate of drug-likeness (QED) is 0.415. The molecule has 36 valence electrons. The molecule has 0 saturated carbocycles. The van der Waals surface area contributed by atoms with Crippen molar-refractivity contribution < 1.29 is 4.84 Å². The summed E-state index contributed by atoms with van der Waals surface area (Å²) in [6.07, 6.45) is 0.324. The van der Waals surface area contributed by atoms with E-state index in [0.29, 0.717) is 6.10 Å². The SMILES string of the molecule is C[C@@H]1CNNO1. The molecule has 2 N–H and O–H groups in total. The molecule has 3 nitrogen and oxygen atoms in total. The molecule has 6 heavy (non-hydrogen) atoms. The number of nitrogens with one attached hydrogen (secondary N) is 2. The van der Waals surface area contributed by atoms with Gasteiger partial charge in [-0.1, -0.05) is 0 Å². The monoisotopic (exact) mass is 88.1 g/mol. The number of rotatable bonds is 0. The fourth-order valence-corrected chi connectivity index (χ4v) is 0.369. The molecule has 0 amide bonds. The summed E-state index contributed by atoms with van der Waals surface area (Å²) in [5, 5.41) is 0. The minimum atomic E-state index is 0.324. The first-order valence-electron chi connectivity index (χ1n) is 2.03. The molecule has 3 heteroatoms. The van der Waals surface area contributed by atoms with Crippen LogP contribution in [0.25, 0.3) is 0 Å². The Morgan fingerprint density at radius 2 is 2.67 bits per heavy atom. The molecular formula is C3H8N2O. The Morgan fingerprint density at radius 1 is 1.83 bits per heavy atom. The van der Waals surface area contributed by atoms with Gasteiger partial charge in [0.2, 0.25) is 0 Å². The Labute approximate surface area is 36.6 Å². The molecule has 1 aliphatic heterocycles. The molecule has 0 aromatic carbocycles. The highest BCUT2D eigenvalue weighted by atomic mass is 16.7. The third kappa shape index (κ3) is 0.680. The zero-order valence-electron chi connectivity index (χ0n) is 3.69. The summed E-state index contributed by atoms with van der Waals surface area (Å²) in [5.41, 5.74) is 5.32. The lowest BCUT2D eigenvalue weighted by atomic mass is 10.4. The van der Waals surface area contributed by atoms with Gasteiger partial charge in [0, 0.05) is 6.54 Å². The van der Waals surface area contributed by atoms with Crippen LogP contribution in [0.3, 0.4) is 0 Å². The van der Waals surface area contributed by atoms with Crippen molar-refractivity contribution in [3.8, 4) is 0 Å². The van der Waals surface area contributed by atoms with Crippen LogP contribution < -0.4 is 11.0 Å². The van der Waals surface area contributed by atoms with Crippen LogP contribution >= 0.6 is 0 Å². The van der Waals surface area contributed by atoms with Crippen molar-refractivity contribution in [3.63, 3.8) is 0 Å². The van der Waals surface area contributed by atoms with E-state index in [1.807, 2.05) is 6.92 Å². The van der Waals surface area contributed by atoms with Crippen molar-refractivity contribution in [3.05, 3.63) is 0 Å². The van der Waals surface area contributed by atoms with Gasteiger partial charge in [-0.3, -0.25) is 4.84 Å². The molecule has 0 radical (unpaired) electrons. The Bertz CT molecular complexity index is 42.1. The van der Waals surface area contributed by atoms with Crippen molar-refractivity contribution in [2.45, 2.75) is 13.0 Å². The second kappa shape index (κ2) is 1.55. The van der Waals surface area contributed by atoms with E-state index in [4.69, 9.17) is 4.84 Å². The maximum Gasteiger partial charge on any atom is 0.0917 e. The average Bonchev–Trinajstić information content (AvgIpc) is 1.86. The largest absolute Gasteiger partial charge is 0.283 e. The Kier molecular flexibility index (Phi) is 1.05. The molecule has 1 atom stereocenters. The van der Waals surface area contributed by atoms with Gasteiger partial charge >= 0.3 is 0 Å². The molecular weight excluding hydrogens is 80.0 g/mol. The zero-order chi connectivity index (χ0) is 4.41. The van der Waals surface area contributed by atoms with Gasteiger partial charge in [-0.15, -0.1) is 5.59 Å². The highest BCUT2D eigenvalue weighted by molar-refractivity contribution is 4.52. The van der Waals surface area contributed by atoms with Gasteiger partial charge in [0.15, 0.2) is 0 Å². The normalized spacial score (nSPS) is 34.5. The van der Waals surface area contributed by atoms with Crippen molar-refractivity contribution in [1.29, 1.82) is 0 Å². The van der Waals surface area contributed by atoms with E-state index in [2.05, 4.69) is 11.0 Å². The molecule has 1 rings (SSSR count). The fourth-order valence-electron chi connectivity index (χ4n) is 0.369. The summed E-state index contributed by atoms with van der Waals surface area (Å²) < 4.78 is 0. The Balaban J connectivity index is 2.18. The van der Waals surface area contributed by atoms with Crippen LogP contribution in [0.2, 0.25) is 0 Å².